The minimum absolute atomic E-state index is 0.435. The van der Waals surface area contributed by atoms with Gasteiger partial charge in [-0.25, -0.2) is 0 Å². The molecule has 3 nitrogen and oxygen atoms in total. The zero-order valence-electron chi connectivity index (χ0n) is 4.32. The normalized spacial score (nSPS) is 25.5. The average Bonchev–Trinajstić information content (AvgIpc) is 2.12. The van der Waals surface area contributed by atoms with Crippen LogP contribution in [0.1, 0.15) is 6.42 Å². The lowest BCUT2D eigenvalue weighted by atomic mass is 9.81. The smallest absolute Gasteiger partial charge is 0.495 e. The first-order chi connectivity index (χ1) is 3.80. The highest BCUT2D eigenvalue weighted by Crippen LogP contribution is 2.08. The molecule has 0 fully saturated rings. The second kappa shape index (κ2) is 2.20. The molecule has 0 aromatic carbocycles. The van der Waals surface area contributed by atoms with Gasteiger partial charge < -0.3 is 14.8 Å². The molecule has 1 atom stereocenters. The highest BCUT2D eigenvalue weighted by atomic mass is 16.5. The lowest BCUT2D eigenvalue weighted by molar-refractivity contribution is 0.192. The first kappa shape index (κ1) is 5.66. The maximum Gasteiger partial charge on any atom is 0.495 e. The highest BCUT2D eigenvalue weighted by Gasteiger charge is 2.25. The monoisotopic (exact) mass is 114 g/mol. The van der Waals surface area contributed by atoms with Crippen molar-refractivity contribution in [2.75, 3.05) is 0 Å². The maximum atomic E-state index is 8.44. The van der Waals surface area contributed by atoms with Crippen LogP contribution in [0.5, 0.6) is 0 Å². The van der Waals surface area contributed by atoms with Crippen LogP contribution in [0.3, 0.4) is 0 Å². The molecule has 1 aliphatic heterocycles. The van der Waals surface area contributed by atoms with E-state index in [0.29, 0.717) is 6.42 Å². The third-order valence-electron chi connectivity index (χ3n) is 1.05. The van der Waals surface area contributed by atoms with E-state index >= 15 is 0 Å². The molecule has 0 saturated carbocycles. The van der Waals surface area contributed by atoms with Crippen LogP contribution in [0, 0.1) is 0 Å². The summed E-state index contributed by atoms with van der Waals surface area (Å²) in [5, 5.41) is 16.9. The number of rotatable bonds is 1. The predicted molar refractivity (Wildman–Crippen MR) is 28.8 cm³/mol. The van der Waals surface area contributed by atoms with Crippen LogP contribution in [0.2, 0.25) is 0 Å². The summed E-state index contributed by atoms with van der Waals surface area (Å²) in [4.78, 5) is 0. The van der Waals surface area contributed by atoms with Crippen molar-refractivity contribution in [2.45, 2.75) is 12.4 Å². The molecular formula is C4H7BO3. The van der Waals surface area contributed by atoms with Crippen LogP contribution in [0.15, 0.2) is 12.3 Å². The Morgan fingerprint density at radius 1 is 1.62 bits per heavy atom. The van der Waals surface area contributed by atoms with Crippen LogP contribution < -0.4 is 0 Å². The van der Waals surface area contributed by atoms with Crippen molar-refractivity contribution >= 4 is 7.12 Å². The van der Waals surface area contributed by atoms with E-state index < -0.39 is 13.1 Å². The van der Waals surface area contributed by atoms with E-state index in [1.54, 1.807) is 6.08 Å². The van der Waals surface area contributed by atoms with Crippen molar-refractivity contribution < 1.29 is 14.8 Å². The summed E-state index contributed by atoms with van der Waals surface area (Å²) >= 11 is 0. The Morgan fingerprint density at radius 2 is 2.38 bits per heavy atom. The van der Waals surface area contributed by atoms with E-state index in [0.717, 1.165) is 0 Å². The second-order valence-corrected chi connectivity index (χ2v) is 1.70. The Labute approximate surface area is 47.7 Å². The van der Waals surface area contributed by atoms with Crippen molar-refractivity contribution in [3.8, 4) is 0 Å². The Morgan fingerprint density at radius 3 is 2.62 bits per heavy atom. The molecule has 44 valence electrons. The summed E-state index contributed by atoms with van der Waals surface area (Å²) in [6, 6.07) is -0.435. The Bertz CT molecular complexity index is 93.5. The molecule has 8 heavy (non-hydrogen) atoms. The molecule has 4 heteroatoms. The van der Waals surface area contributed by atoms with E-state index in [-0.39, 0.29) is 0 Å². The van der Waals surface area contributed by atoms with E-state index in [4.69, 9.17) is 14.8 Å². The fraction of sp³-hybridized carbons (Fsp3) is 0.500. The molecule has 1 aliphatic rings. The summed E-state index contributed by atoms with van der Waals surface area (Å²) in [7, 11) is -1.34. The second-order valence-electron chi connectivity index (χ2n) is 1.70. The standard InChI is InChI=1S/C4H7BO3/c6-5(7)4-2-1-3-8-4/h1,3-4,6-7H,2H2. The van der Waals surface area contributed by atoms with Crippen molar-refractivity contribution in [1.29, 1.82) is 0 Å². The average molecular weight is 114 g/mol. The van der Waals surface area contributed by atoms with Crippen molar-refractivity contribution in [3.05, 3.63) is 12.3 Å². The summed E-state index contributed by atoms with van der Waals surface area (Å²) in [5.74, 6) is 0. The van der Waals surface area contributed by atoms with Gasteiger partial charge in [-0.2, -0.15) is 0 Å². The van der Waals surface area contributed by atoms with Gasteiger partial charge in [0.1, 0.15) is 6.00 Å². The third kappa shape index (κ3) is 1.02. The van der Waals surface area contributed by atoms with Crippen LogP contribution in [0.25, 0.3) is 0 Å². The van der Waals surface area contributed by atoms with E-state index in [9.17, 15) is 0 Å². The van der Waals surface area contributed by atoms with Gasteiger partial charge in [-0.15, -0.1) is 0 Å². The lowest BCUT2D eigenvalue weighted by Gasteiger charge is -2.05. The zero-order chi connectivity index (χ0) is 5.98. The Hall–Kier alpha value is -0.475. The molecule has 0 bridgehead atoms. The molecule has 2 N–H and O–H groups in total. The Kier molecular flexibility index (Phi) is 1.55. The van der Waals surface area contributed by atoms with E-state index in [1.165, 1.54) is 6.26 Å². The van der Waals surface area contributed by atoms with Gasteiger partial charge in [-0.1, -0.05) is 0 Å². The molecule has 0 radical (unpaired) electrons. The van der Waals surface area contributed by atoms with Gasteiger partial charge in [0.25, 0.3) is 0 Å². The number of hydrogen-bond donors (Lipinski definition) is 2. The zero-order valence-corrected chi connectivity index (χ0v) is 4.32. The minimum atomic E-state index is -1.34. The molecule has 0 amide bonds. The van der Waals surface area contributed by atoms with E-state index in [2.05, 4.69) is 0 Å². The molecule has 1 heterocycles. The summed E-state index contributed by atoms with van der Waals surface area (Å²) < 4.78 is 4.73. The van der Waals surface area contributed by atoms with Gasteiger partial charge in [0.15, 0.2) is 0 Å². The van der Waals surface area contributed by atoms with Gasteiger partial charge >= 0.3 is 7.12 Å². The fourth-order valence-corrected chi connectivity index (χ4v) is 0.594. The van der Waals surface area contributed by atoms with Crippen LogP contribution >= 0.6 is 0 Å². The summed E-state index contributed by atoms with van der Waals surface area (Å²) in [6.45, 7) is 0. The molecule has 0 aliphatic carbocycles. The van der Waals surface area contributed by atoms with Gasteiger partial charge in [0.2, 0.25) is 0 Å². The minimum Gasteiger partial charge on any atom is -0.500 e. The molecule has 0 spiro atoms. The van der Waals surface area contributed by atoms with Gasteiger partial charge in [0, 0.05) is 6.42 Å². The first-order valence-electron chi connectivity index (χ1n) is 2.47. The van der Waals surface area contributed by atoms with Crippen LogP contribution in [0.4, 0.5) is 0 Å². The largest absolute Gasteiger partial charge is 0.500 e. The summed E-state index contributed by atoms with van der Waals surface area (Å²) in [6.07, 6.45) is 3.83. The number of hydrogen-bond acceptors (Lipinski definition) is 3. The molecule has 1 unspecified atom stereocenters. The SMILES string of the molecule is OB(O)C1CC=CO1. The van der Waals surface area contributed by atoms with Gasteiger partial charge in [-0.3, -0.25) is 0 Å². The highest BCUT2D eigenvalue weighted by molar-refractivity contribution is 6.42. The summed E-state index contributed by atoms with van der Waals surface area (Å²) in [5.41, 5.74) is 0. The molecular weight excluding hydrogens is 107 g/mol. The quantitative estimate of drug-likeness (QED) is 0.443. The third-order valence-corrected chi connectivity index (χ3v) is 1.05. The van der Waals surface area contributed by atoms with Crippen LogP contribution in [-0.4, -0.2) is 23.2 Å². The molecule has 1 rings (SSSR count). The lowest BCUT2D eigenvalue weighted by Crippen LogP contribution is -2.29. The fourth-order valence-electron chi connectivity index (χ4n) is 0.594. The maximum absolute atomic E-state index is 8.44. The van der Waals surface area contributed by atoms with Crippen molar-refractivity contribution in [2.24, 2.45) is 0 Å². The Balaban J connectivity index is 2.29. The van der Waals surface area contributed by atoms with Gasteiger partial charge in [0.05, 0.1) is 6.26 Å². The molecule has 0 saturated heterocycles. The molecule has 0 aromatic heterocycles. The molecule has 0 aromatic rings. The van der Waals surface area contributed by atoms with E-state index in [1.807, 2.05) is 0 Å². The van der Waals surface area contributed by atoms with Crippen LogP contribution in [-0.2, 0) is 4.74 Å². The topological polar surface area (TPSA) is 49.7 Å². The predicted octanol–water partition coefficient (Wildman–Crippen LogP) is -0.699. The first-order valence-corrected chi connectivity index (χ1v) is 2.47. The van der Waals surface area contributed by atoms with Gasteiger partial charge in [-0.05, 0) is 6.08 Å². The number of ether oxygens (including phenoxy) is 1. The van der Waals surface area contributed by atoms with Crippen molar-refractivity contribution in [1.82, 2.24) is 0 Å². The van der Waals surface area contributed by atoms with Crippen molar-refractivity contribution in [3.63, 3.8) is 0 Å².